The lowest BCUT2D eigenvalue weighted by atomic mass is 10.2. The van der Waals surface area contributed by atoms with Crippen LogP contribution >= 0.6 is 15.9 Å². The summed E-state index contributed by atoms with van der Waals surface area (Å²) in [6.45, 7) is 0.416. The van der Waals surface area contributed by atoms with Crippen molar-refractivity contribution in [2.75, 3.05) is 7.11 Å². The predicted octanol–water partition coefficient (Wildman–Crippen LogP) is 3.74. The molecule has 0 aliphatic heterocycles. The second-order valence-corrected chi connectivity index (χ2v) is 4.58. The third-order valence-electron chi connectivity index (χ3n) is 2.48. The van der Waals surface area contributed by atoms with Crippen LogP contribution in [-0.2, 0) is 6.61 Å². The standard InChI is InChI=1S/C14H13BrO3/c1-17-13-4-2-3-5-14(13)18-9-10-6-7-12(16)11(15)8-10/h2-8,16H,9H2,1H3. The van der Waals surface area contributed by atoms with Gasteiger partial charge in [-0.3, -0.25) is 0 Å². The number of phenolic OH excluding ortho intramolecular Hbond substituents is 1. The van der Waals surface area contributed by atoms with Gasteiger partial charge in [0.25, 0.3) is 0 Å². The maximum atomic E-state index is 9.40. The summed E-state index contributed by atoms with van der Waals surface area (Å²) in [5.41, 5.74) is 0.964. The van der Waals surface area contributed by atoms with E-state index in [0.29, 0.717) is 22.6 Å². The molecular formula is C14H13BrO3. The van der Waals surface area contributed by atoms with Crippen molar-refractivity contribution >= 4 is 15.9 Å². The van der Waals surface area contributed by atoms with Crippen LogP contribution in [0.25, 0.3) is 0 Å². The number of para-hydroxylation sites is 2. The van der Waals surface area contributed by atoms with Crippen LogP contribution in [0.4, 0.5) is 0 Å². The van der Waals surface area contributed by atoms with Gasteiger partial charge in [0.1, 0.15) is 12.4 Å². The quantitative estimate of drug-likeness (QED) is 0.935. The molecule has 0 aliphatic carbocycles. The van der Waals surface area contributed by atoms with Crippen molar-refractivity contribution in [3.63, 3.8) is 0 Å². The Kier molecular flexibility index (Phi) is 4.10. The molecule has 4 heteroatoms. The van der Waals surface area contributed by atoms with Crippen LogP contribution in [0.1, 0.15) is 5.56 Å². The number of benzene rings is 2. The minimum Gasteiger partial charge on any atom is -0.507 e. The van der Waals surface area contributed by atoms with E-state index in [1.54, 1.807) is 13.2 Å². The van der Waals surface area contributed by atoms with Gasteiger partial charge in [0, 0.05) is 0 Å². The Balaban J connectivity index is 2.09. The van der Waals surface area contributed by atoms with E-state index in [1.807, 2.05) is 36.4 Å². The first-order valence-corrected chi connectivity index (χ1v) is 6.23. The van der Waals surface area contributed by atoms with Crippen molar-refractivity contribution in [3.05, 3.63) is 52.5 Å². The van der Waals surface area contributed by atoms with Crippen molar-refractivity contribution in [1.29, 1.82) is 0 Å². The molecule has 18 heavy (non-hydrogen) atoms. The average Bonchev–Trinajstić information content (AvgIpc) is 2.40. The zero-order valence-electron chi connectivity index (χ0n) is 9.89. The van der Waals surface area contributed by atoms with Crippen LogP contribution in [0, 0.1) is 0 Å². The maximum Gasteiger partial charge on any atom is 0.161 e. The molecular weight excluding hydrogens is 296 g/mol. The maximum absolute atomic E-state index is 9.40. The van der Waals surface area contributed by atoms with Crippen LogP contribution in [0.5, 0.6) is 17.2 Å². The van der Waals surface area contributed by atoms with Crippen molar-refractivity contribution in [2.24, 2.45) is 0 Å². The van der Waals surface area contributed by atoms with Gasteiger partial charge in [-0.2, -0.15) is 0 Å². The van der Waals surface area contributed by atoms with E-state index in [-0.39, 0.29) is 5.75 Å². The van der Waals surface area contributed by atoms with E-state index in [4.69, 9.17) is 9.47 Å². The van der Waals surface area contributed by atoms with Gasteiger partial charge in [0.2, 0.25) is 0 Å². The van der Waals surface area contributed by atoms with Crippen molar-refractivity contribution in [3.8, 4) is 17.2 Å². The van der Waals surface area contributed by atoms with E-state index < -0.39 is 0 Å². The highest BCUT2D eigenvalue weighted by atomic mass is 79.9. The topological polar surface area (TPSA) is 38.7 Å². The Bertz CT molecular complexity index is 540. The summed E-state index contributed by atoms with van der Waals surface area (Å²) in [6.07, 6.45) is 0. The van der Waals surface area contributed by atoms with Crippen molar-refractivity contribution in [2.45, 2.75) is 6.61 Å². The highest BCUT2D eigenvalue weighted by Gasteiger charge is 2.04. The summed E-state index contributed by atoms with van der Waals surface area (Å²) in [5, 5.41) is 9.40. The molecule has 0 saturated carbocycles. The zero-order chi connectivity index (χ0) is 13.0. The summed E-state index contributed by atoms with van der Waals surface area (Å²) >= 11 is 3.27. The number of halogens is 1. The minimum atomic E-state index is 0.219. The fourth-order valence-electron chi connectivity index (χ4n) is 1.54. The van der Waals surface area contributed by atoms with Crippen LogP contribution < -0.4 is 9.47 Å². The first-order valence-electron chi connectivity index (χ1n) is 5.44. The molecule has 0 spiro atoms. The van der Waals surface area contributed by atoms with Crippen LogP contribution in [0.15, 0.2) is 46.9 Å². The molecule has 0 unspecified atom stereocenters. The van der Waals surface area contributed by atoms with Crippen molar-refractivity contribution in [1.82, 2.24) is 0 Å². The summed E-state index contributed by atoms with van der Waals surface area (Å²) in [6, 6.07) is 12.8. The highest BCUT2D eigenvalue weighted by molar-refractivity contribution is 9.10. The fraction of sp³-hybridized carbons (Fsp3) is 0.143. The van der Waals surface area contributed by atoms with Gasteiger partial charge in [0.15, 0.2) is 11.5 Å². The predicted molar refractivity (Wildman–Crippen MR) is 73.1 cm³/mol. The van der Waals surface area contributed by atoms with E-state index in [2.05, 4.69) is 15.9 Å². The van der Waals surface area contributed by atoms with Gasteiger partial charge in [-0.25, -0.2) is 0 Å². The van der Waals surface area contributed by atoms with Gasteiger partial charge in [0.05, 0.1) is 11.6 Å². The van der Waals surface area contributed by atoms with Gasteiger partial charge in [-0.05, 0) is 45.8 Å². The summed E-state index contributed by atoms with van der Waals surface area (Å²) in [4.78, 5) is 0. The summed E-state index contributed by atoms with van der Waals surface area (Å²) in [7, 11) is 1.61. The molecule has 2 aromatic rings. The van der Waals surface area contributed by atoms with Crippen LogP contribution in [0.2, 0.25) is 0 Å². The van der Waals surface area contributed by atoms with Gasteiger partial charge >= 0.3 is 0 Å². The number of hydrogen-bond donors (Lipinski definition) is 1. The number of ether oxygens (including phenoxy) is 2. The number of methoxy groups -OCH3 is 1. The van der Waals surface area contributed by atoms with Crippen LogP contribution in [-0.4, -0.2) is 12.2 Å². The van der Waals surface area contributed by atoms with E-state index in [1.165, 1.54) is 0 Å². The van der Waals surface area contributed by atoms with Crippen LogP contribution in [0.3, 0.4) is 0 Å². The molecule has 0 radical (unpaired) electrons. The molecule has 1 N–H and O–H groups in total. The van der Waals surface area contributed by atoms with Gasteiger partial charge in [-0.15, -0.1) is 0 Å². The van der Waals surface area contributed by atoms with Gasteiger partial charge < -0.3 is 14.6 Å². The normalized spacial score (nSPS) is 10.1. The highest BCUT2D eigenvalue weighted by Crippen LogP contribution is 2.28. The van der Waals surface area contributed by atoms with Gasteiger partial charge in [-0.1, -0.05) is 18.2 Å². The third kappa shape index (κ3) is 2.96. The molecule has 0 fully saturated rings. The molecule has 2 aromatic carbocycles. The molecule has 0 aliphatic rings. The average molecular weight is 309 g/mol. The monoisotopic (exact) mass is 308 g/mol. The first kappa shape index (κ1) is 12.8. The molecule has 2 rings (SSSR count). The van der Waals surface area contributed by atoms with E-state index >= 15 is 0 Å². The Labute approximate surface area is 114 Å². The zero-order valence-corrected chi connectivity index (χ0v) is 11.5. The van der Waals surface area contributed by atoms with Crippen molar-refractivity contribution < 1.29 is 14.6 Å². The molecule has 0 bridgehead atoms. The lowest BCUT2D eigenvalue weighted by Crippen LogP contribution is -1.97. The Morgan fingerprint density at radius 1 is 1.11 bits per heavy atom. The molecule has 94 valence electrons. The molecule has 3 nitrogen and oxygen atoms in total. The molecule has 0 amide bonds. The smallest absolute Gasteiger partial charge is 0.161 e. The minimum absolute atomic E-state index is 0.219. The lowest BCUT2D eigenvalue weighted by Gasteiger charge is -2.10. The SMILES string of the molecule is COc1ccccc1OCc1ccc(O)c(Br)c1. The molecule has 0 saturated heterocycles. The second kappa shape index (κ2) is 5.78. The molecule has 0 aromatic heterocycles. The summed E-state index contributed by atoms with van der Waals surface area (Å²) < 4.78 is 11.5. The second-order valence-electron chi connectivity index (χ2n) is 3.73. The Morgan fingerprint density at radius 2 is 1.83 bits per heavy atom. The molecule has 0 heterocycles. The Hall–Kier alpha value is -1.68. The van der Waals surface area contributed by atoms with E-state index in [0.717, 1.165) is 5.56 Å². The van der Waals surface area contributed by atoms with E-state index in [9.17, 15) is 5.11 Å². The summed E-state index contributed by atoms with van der Waals surface area (Å²) in [5.74, 6) is 1.62. The number of hydrogen-bond acceptors (Lipinski definition) is 3. The lowest BCUT2D eigenvalue weighted by molar-refractivity contribution is 0.284. The Morgan fingerprint density at radius 3 is 2.50 bits per heavy atom. The number of aromatic hydroxyl groups is 1. The third-order valence-corrected chi connectivity index (χ3v) is 3.11. The number of phenols is 1. The molecule has 0 atom stereocenters. The number of rotatable bonds is 4. The largest absolute Gasteiger partial charge is 0.507 e. The fourth-order valence-corrected chi connectivity index (χ4v) is 1.97. The first-order chi connectivity index (χ1) is 8.70.